The van der Waals surface area contributed by atoms with E-state index in [4.69, 9.17) is 4.74 Å². The van der Waals surface area contributed by atoms with Gasteiger partial charge in [0.25, 0.3) is 5.91 Å². The number of hydrogen-bond donors (Lipinski definition) is 1. The summed E-state index contributed by atoms with van der Waals surface area (Å²) < 4.78 is 5.46. The average Bonchev–Trinajstić information content (AvgIpc) is 3.14. The highest BCUT2D eigenvalue weighted by Gasteiger charge is 2.13. The van der Waals surface area contributed by atoms with Crippen molar-refractivity contribution in [1.82, 2.24) is 10.3 Å². The highest BCUT2D eigenvalue weighted by molar-refractivity contribution is 5.77. The predicted octanol–water partition coefficient (Wildman–Crippen LogP) is 2.69. The van der Waals surface area contributed by atoms with Crippen LogP contribution in [0.2, 0.25) is 0 Å². The van der Waals surface area contributed by atoms with Crippen LogP contribution >= 0.6 is 0 Å². The largest absolute Gasteiger partial charge is 0.484 e. The number of nitrogens with zero attached hydrogens (tertiary/aromatic N) is 2. The van der Waals surface area contributed by atoms with E-state index < -0.39 is 0 Å². The number of ether oxygens (including phenoxy) is 1. The first-order valence-corrected chi connectivity index (χ1v) is 8.37. The zero-order chi connectivity index (χ0) is 16.8. The fourth-order valence-electron chi connectivity index (χ4n) is 2.69. The molecule has 5 nitrogen and oxygen atoms in total. The summed E-state index contributed by atoms with van der Waals surface area (Å²) in [6, 6.07) is 11.7. The molecule has 0 atom stereocenters. The number of carbonyl (C=O) groups is 1. The topological polar surface area (TPSA) is 54.5 Å². The van der Waals surface area contributed by atoms with E-state index in [1.165, 1.54) is 12.8 Å². The van der Waals surface area contributed by atoms with Gasteiger partial charge in [-0.1, -0.05) is 23.8 Å². The van der Waals surface area contributed by atoms with Crippen LogP contribution in [-0.4, -0.2) is 30.6 Å². The Morgan fingerprint density at radius 2 is 1.92 bits per heavy atom. The molecule has 1 aromatic heterocycles. The van der Waals surface area contributed by atoms with Gasteiger partial charge < -0.3 is 15.0 Å². The number of carbonyl (C=O) groups excluding carboxylic acids is 1. The van der Waals surface area contributed by atoms with Gasteiger partial charge in [-0.15, -0.1) is 0 Å². The van der Waals surface area contributed by atoms with Gasteiger partial charge in [-0.2, -0.15) is 0 Å². The first-order chi connectivity index (χ1) is 11.7. The summed E-state index contributed by atoms with van der Waals surface area (Å²) in [6.07, 6.45) is 4.30. The van der Waals surface area contributed by atoms with Crippen molar-refractivity contribution in [1.29, 1.82) is 0 Å². The highest BCUT2D eigenvalue weighted by atomic mass is 16.5. The third-order valence-corrected chi connectivity index (χ3v) is 4.12. The molecule has 0 radical (unpaired) electrons. The molecule has 1 aliphatic heterocycles. The van der Waals surface area contributed by atoms with Gasteiger partial charge in [0.15, 0.2) is 6.61 Å². The molecule has 2 heterocycles. The van der Waals surface area contributed by atoms with E-state index >= 15 is 0 Å². The number of hydrogen-bond acceptors (Lipinski definition) is 4. The SMILES string of the molecule is Cc1ccc(OCC(=O)NCc2ccc(N3CCCC3)nc2)cc1. The van der Waals surface area contributed by atoms with Gasteiger partial charge in [0, 0.05) is 25.8 Å². The van der Waals surface area contributed by atoms with E-state index in [0.29, 0.717) is 12.3 Å². The van der Waals surface area contributed by atoms with Crippen LogP contribution in [-0.2, 0) is 11.3 Å². The lowest BCUT2D eigenvalue weighted by atomic mass is 10.2. The Morgan fingerprint density at radius 3 is 2.58 bits per heavy atom. The second-order valence-electron chi connectivity index (χ2n) is 6.10. The molecular weight excluding hydrogens is 302 g/mol. The molecule has 2 aromatic rings. The zero-order valence-corrected chi connectivity index (χ0v) is 14.0. The summed E-state index contributed by atoms with van der Waals surface area (Å²) in [7, 11) is 0. The monoisotopic (exact) mass is 325 g/mol. The molecule has 5 heteroatoms. The average molecular weight is 325 g/mol. The molecular formula is C19H23N3O2. The second kappa shape index (κ2) is 7.81. The standard InChI is InChI=1S/C19H23N3O2/c1-15-4-7-17(8-5-15)24-14-19(23)21-13-16-6-9-18(20-12-16)22-10-2-3-11-22/h4-9,12H,2-3,10-11,13-14H2,1H3,(H,21,23). The molecule has 0 bridgehead atoms. The van der Waals surface area contributed by atoms with Crippen molar-refractivity contribution >= 4 is 11.7 Å². The fraction of sp³-hybridized carbons (Fsp3) is 0.368. The maximum Gasteiger partial charge on any atom is 0.258 e. The molecule has 1 fully saturated rings. The minimum absolute atomic E-state index is 0.0162. The molecule has 3 rings (SSSR count). The van der Waals surface area contributed by atoms with Gasteiger partial charge >= 0.3 is 0 Å². The number of anilines is 1. The van der Waals surface area contributed by atoms with Crippen LogP contribution in [0.1, 0.15) is 24.0 Å². The predicted molar refractivity (Wildman–Crippen MR) is 94.2 cm³/mol. The minimum atomic E-state index is -0.140. The van der Waals surface area contributed by atoms with Gasteiger partial charge in [-0.25, -0.2) is 4.98 Å². The Bertz CT molecular complexity index is 662. The van der Waals surface area contributed by atoms with Gasteiger partial charge in [0.1, 0.15) is 11.6 Å². The third kappa shape index (κ3) is 4.47. The first-order valence-electron chi connectivity index (χ1n) is 8.37. The molecule has 0 aliphatic carbocycles. The third-order valence-electron chi connectivity index (χ3n) is 4.12. The maximum absolute atomic E-state index is 11.9. The summed E-state index contributed by atoms with van der Waals surface area (Å²) in [6.45, 7) is 4.66. The quantitative estimate of drug-likeness (QED) is 0.887. The van der Waals surface area contributed by atoms with E-state index in [0.717, 1.165) is 30.0 Å². The summed E-state index contributed by atoms with van der Waals surface area (Å²) in [5.74, 6) is 1.58. The van der Waals surface area contributed by atoms with Crippen molar-refractivity contribution in [2.75, 3.05) is 24.6 Å². The summed E-state index contributed by atoms with van der Waals surface area (Å²) in [4.78, 5) is 18.6. The number of pyridine rings is 1. The molecule has 0 unspecified atom stereocenters. The molecule has 1 aliphatic rings. The van der Waals surface area contributed by atoms with Gasteiger partial charge in [0.05, 0.1) is 0 Å². The highest BCUT2D eigenvalue weighted by Crippen LogP contribution is 2.17. The number of aryl methyl sites for hydroxylation is 1. The smallest absolute Gasteiger partial charge is 0.258 e. The normalized spacial score (nSPS) is 13.8. The van der Waals surface area contributed by atoms with Crippen LogP contribution in [0.4, 0.5) is 5.82 Å². The van der Waals surface area contributed by atoms with E-state index in [1.807, 2.05) is 49.5 Å². The number of aromatic nitrogens is 1. The van der Waals surface area contributed by atoms with E-state index in [1.54, 1.807) is 0 Å². The van der Waals surface area contributed by atoms with Crippen molar-refractivity contribution in [3.63, 3.8) is 0 Å². The summed E-state index contributed by atoms with van der Waals surface area (Å²) in [5, 5.41) is 2.85. The fourth-order valence-corrected chi connectivity index (χ4v) is 2.69. The molecule has 1 aromatic carbocycles. The van der Waals surface area contributed by atoms with E-state index in [2.05, 4.69) is 15.2 Å². The molecule has 1 N–H and O–H groups in total. The Kier molecular flexibility index (Phi) is 5.31. The van der Waals surface area contributed by atoms with E-state index in [9.17, 15) is 4.79 Å². The molecule has 0 saturated carbocycles. The van der Waals surface area contributed by atoms with Crippen molar-refractivity contribution in [3.05, 3.63) is 53.7 Å². The Hall–Kier alpha value is -2.56. The molecule has 0 spiro atoms. The summed E-state index contributed by atoms with van der Waals surface area (Å²) >= 11 is 0. The molecule has 24 heavy (non-hydrogen) atoms. The van der Waals surface area contributed by atoms with Gasteiger partial charge in [0.2, 0.25) is 0 Å². The number of nitrogens with one attached hydrogen (secondary N) is 1. The second-order valence-corrected chi connectivity index (χ2v) is 6.10. The van der Waals surface area contributed by atoms with Crippen molar-refractivity contribution < 1.29 is 9.53 Å². The van der Waals surface area contributed by atoms with Crippen LogP contribution < -0.4 is 15.0 Å². The number of rotatable bonds is 6. The van der Waals surface area contributed by atoms with Crippen LogP contribution in [0.25, 0.3) is 0 Å². The van der Waals surface area contributed by atoms with Gasteiger partial charge in [-0.05, 0) is 43.5 Å². The van der Waals surface area contributed by atoms with Crippen molar-refractivity contribution in [2.45, 2.75) is 26.3 Å². The molecule has 1 amide bonds. The van der Waals surface area contributed by atoms with Crippen LogP contribution in [0.5, 0.6) is 5.75 Å². The minimum Gasteiger partial charge on any atom is -0.484 e. The van der Waals surface area contributed by atoms with Crippen molar-refractivity contribution in [2.24, 2.45) is 0 Å². The van der Waals surface area contributed by atoms with Crippen molar-refractivity contribution in [3.8, 4) is 5.75 Å². The lowest BCUT2D eigenvalue weighted by molar-refractivity contribution is -0.123. The molecule has 126 valence electrons. The number of benzene rings is 1. The van der Waals surface area contributed by atoms with E-state index in [-0.39, 0.29) is 12.5 Å². The lowest BCUT2D eigenvalue weighted by Gasteiger charge is -2.16. The lowest BCUT2D eigenvalue weighted by Crippen LogP contribution is -2.28. The van der Waals surface area contributed by atoms with Gasteiger partial charge in [-0.3, -0.25) is 4.79 Å². The Balaban J connectivity index is 1.43. The summed E-state index contributed by atoms with van der Waals surface area (Å²) in [5.41, 5.74) is 2.15. The first kappa shape index (κ1) is 16.3. The van der Waals surface area contributed by atoms with Crippen LogP contribution in [0.3, 0.4) is 0 Å². The Labute approximate surface area is 142 Å². The zero-order valence-electron chi connectivity index (χ0n) is 14.0. The Morgan fingerprint density at radius 1 is 1.17 bits per heavy atom. The maximum atomic E-state index is 11.9. The van der Waals surface area contributed by atoms with Crippen LogP contribution in [0.15, 0.2) is 42.6 Å². The molecule has 1 saturated heterocycles. The van der Waals surface area contributed by atoms with Crippen LogP contribution in [0, 0.1) is 6.92 Å². The number of amides is 1.